The van der Waals surface area contributed by atoms with Crippen molar-refractivity contribution in [3.63, 3.8) is 0 Å². The Morgan fingerprint density at radius 1 is 0.719 bits per heavy atom. The van der Waals surface area contributed by atoms with Crippen LogP contribution in [0.3, 0.4) is 0 Å². The van der Waals surface area contributed by atoms with E-state index in [1.54, 1.807) is 0 Å². The molecule has 6 heteroatoms. The maximum atomic E-state index is 11.0. The average Bonchev–Trinajstić information content (AvgIpc) is 2.70. The van der Waals surface area contributed by atoms with E-state index in [-0.39, 0.29) is 0 Å². The Bertz CT molecular complexity index is 503. The first-order chi connectivity index (χ1) is 15.2. The third-order valence-corrected chi connectivity index (χ3v) is 8.86. The fraction of sp³-hybridized carbons (Fsp3) is 1.00. The van der Waals surface area contributed by atoms with Crippen LogP contribution in [0, 0.1) is 17.8 Å². The predicted octanol–water partition coefficient (Wildman–Crippen LogP) is 7.07. The summed E-state index contributed by atoms with van der Waals surface area (Å²) in [5.74, 6) is 1.97. The Labute approximate surface area is 198 Å². The molecular formula is C26H53NO4P+. The van der Waals surface area contributed by atoms with Crippen molar-refractivity contribution in [2.75, 3.05) is 26.2 Å². The number of rotatable bonds is 14. The molecule has 0 heterocycles. The number of quaternary nitrogens is 1. The van der Waals surface area contributed by atoms with Gasteiger partial charge < -0.3 is 14.3 Å². The molecule has 4 aliphatic carbocycles. The highest BCUT2D eigenvalue weighted by Gasteiger charge is 2.53. The van der Waals surface area contributed by atoms with Crippen LogP contribution in [0.15, 0.2) is 0 Å². The van der Waals surface area contributed by atoms with Gasteiger partial charge in [0.05, 0.1) is 31.8 Å². The molecule has 0 aromatic heterocycles. The molecule has 4 saturated carbocycles. The molecule has 5 nitrogen and oxygen atoms in total. The summed E-state index contributed by atoms with van der Waals surface area (Å²) in [6.07, 6.45) is 17.4. The van der Waals surface area contributed by atoms with Gasteiger partial charge in [-0.15, -0.1) is 0 Å². The molecule has 0 saturated heterocycles. The van der Waals surface area contributed by atoms with Crippen molar-refractivity contribution in [1.29, 1.82) is 0 Å². The molecule has 0 amide bonds. The van der Waals surface area contributed by atoms with Gasteiger partial charge in [0.2, 0.25) is 0 Å². The molecule has 4 bridgehead atoms. The number of hydrogen-bond donors (Lipinski definition) is 2. The van der Waals surface area contributed by atoms with Crippen molar-refractivity contribution in [1.82, 2.24) is 0 Å². The molecular weight excluding hydrogens is 421 g/mol. The number of hydrogen-bond acceptors (Lipinski definition) is 2. The van der Waals surface area contributed by atoms with Crippen LogP contribution in [-0.4, -0.2) is 46.0 Å². The topological polar surface area (TPSA) is 66.8 Å². The third-order valence-electron chi connectivity index (χ3n) is 8.24. The highest BCUT2D eigenvalue weighted by Crippen LogP contribution is 2.60. The molecule has 0 aromatic carbocycles. The van der Waals surface area contributed by atoms with Gasteiger partial charge in [0.1, 0.15) is 0 Å². The Morgan fingerprint density at radius 3 is 1.28 bits per heavy atom. The first-order valence-corrected chi connectivity index (χ1v) is 15.3. The van der Waals surface area contributed by atoms with Gasteiger partial charge in [-0.1, -0.05) is 53.4 Å². The van der Waals surface area contributed by atoms with E-state index in [9.17, 15) is 4.57 Å². The lowest BCUT2D eigenvalue weighted by molar-refractivity contribution is -0.929. The minimum Gasteiger partial charge on any atom is -0.324 e. The number of nitrogens with zero attached hydrogens (tertiary/aromatic N) is 1. The van der Waals surface area contributed by atoms with Gasteiger partial charge in [0.15, 0.2) is 0 Å². The van der Waals surface area contributed by atoms with Crippen molar-refractivity contribution in [2.24, 2.45) is 17.8 Å². The molecule has 4 rings (SSSR count). The monoisotopic (exact) mass is 474 g/mol. The molecule has 2 N–H and O–H groups in total. The minimum atomic E-state index is -4.31. The maximum absolute atomic E-state index is 11.0. The first-order valence-electron chi connectivity index (χ1n) is 13.8. The van der Waals surface area contributed by atoms with Crippen molar-refractivity contribution in [3.05, 3.63) is 0 Å². The van der Waals surface area contributed by atoms with E-state index >= 15 is 0 Å². The molecule has 0 atom stereocenters. The van der Waals surface area contributed by atoms with Crippen molar-refractivity contribution in [2.45, 2.75) is 123 Å². The van der Waals surface area contributed by atoms with E-state index in [0.29, 0.717) is 17.8 Å². The first kappa shape index (κ1) is 28.3. The Morgan fingerprint density at radius 2 is 1.03 bits per heavy atom. The minimum absolute atomic E-state index is 0.478. The number of unbranched alkanes of at least 4 members (excludes halogenated alkanes) is 4. The van der Waals surface area contributed by atoms with Crippen molar-refractivity contribution < 1.29 is 23.4 Å². The van der Waals surface area contributed by atoms with Crippen LogP contribution in [-0.2, 0) is 9.09 Å². The summed E-state index contributed by atoms with van der Waals surface area (Å²) < 4.78 is 17.5. The van der Waals surface area contributed by atoms with Crippen LogP contribution in [0.1, 0.15) is 118 Å². The highest BCUT2D eigenvalue weighted by molar-refractivity contribution is 7.46. The van der Waals surface area contributed by atoms with Gasteiger partial charge >= 0.3 is 7.82 Å². The standard InChI is InChI=1S/C16H36N.C10H17O4P/c1-5-9-13-17(14-10-6-2,15-11-7-3)16-12-8-4;11-15(12,13)14-10-4-7-1-8(5-10)3-9(2-7)6-10/h5-16H2,1-4H3;7-9H,1-6H2,(H2,11,12,13)/q+1;. The molecule has 0 spiro atoms. The maximum Gasteiger partial charge on any atom is 0.470 e. The fourth-order valence-electron chi connectivity index (χ4n) is 7.04. The van der Waals surface area contributed by atoms with Gasteiger partial charge in [0, 0.05) is 0 Å². The van der Waals surface area contributed by atoms with Gasteiger partial charge in [-0.2, -0.15) is 0 Å². The van der Waals surface area contributed by atoms with Crippen LogP contribution < -0.4 is 0 Å². The van der Waals surface area contributed by atoms with E-state index in [4.69, 9.17) is 14.3 Å². The van der Waals surface area contributed by atoms with Gasteiger partial charge in [-0.3, -0.25) is 4.52 Å². The lowest BCUT2D eigenvalue weighted by Gasteiger charge is -2.55. The lowest BCUT2D eigenvalue weighted by Crippen LogP contribution is -2.51. The molecule has 0 aromatic rings. The van der Waals surface area contributed by atoms with E-state index in [1.807, 2.05) is 0 Å². The van der Waals surface area contributed by atoms with E-state index in [2.05, 4.69) is 27.7 Å². The van der Waals surface area contributed by atoms with E-state index in [0.717, 1.165) is 19.3 Å². The zero-order valence-corrected chi connectivity index (χ0v) is 22.5. The van der Waals surface area contributed by atoms with Crippen LogP contribution in [0.4, 0.5) is 0 Å². The van der Waals surface area contributed by atoms with E-state index in [1.165, 1.54) is 101 Å². The summed E-state index contributed by atoms with van der Waals surface area (Å²) >= 11 is 0. The second-order valence-corrected chi connectivity index (χ2v) is 12.5. The van der Waals surface area contributed by atoms with Crippen LogP contribution in [0.5, 0.6) is 0 Å². The van der Waals surface area contributed by atoms with Crippen LogP contribution >= 0.6 is 7.82 Å². The Hall–Kier alpha value is 0.0700. The van der Waals surface area contributed by atoms with Gasteiger partial charge in [-0.25, -0.2) is 4.57 Å². The number of phosphoric acid groups is 1. The Kier molecular flexibility index (Phi) is 11.7. The summed E-state index contributed by atoms with van der Waals surface area (Å²) in [4.78, 5) is 17.9. The smallest absolute Gasteiger partial charge is 0.324 e. The molecule has 0 unspecified atom stereocenters. The number of phosphoric ester groups is 1. The normalized spacial score (nSPS) is 29.1. The van der Waals surface area contributed by atoms with Crippen LogP contribution in [0.25, 0.3) is 0 Å². The second kappa shape index (κ2) is 13.2. The molecule has 190 valence electrons. The molecule has 32 heavy (non-hydrogen) atoms. The summed E-state index contributed by atoms with van der Waals surface area (Å²) in [6, 6.07) is 0. The second-order valence-electron chi connectivity index (χ2n) is 11.3. The highest BCUT2D eigenvalue weighted by atomic mass is 31.2. The third kappa shape index (κ3) is 9.02. The van der Waals surface area contributed by atoms with Crippen LogP contribution in [0.2, 0.25) is 0 Å². The van der Waals surface area contributed by atoms with Crippen molar-refractivity contribution in [3.8, 4) is 0 Å². The average molecular weight is 475 g/mol. The van der Waals surface area contributed by atoms with E-state index < -0.39 is 13.4 Å². The van der Waals surface area contributed by atoms with Crippen molar-refractivity contribution >= 4 is 7.82 Å². The molecule has 4 aliphatic rings. The largest absolute Gasteiger partial charge is 0.470 e. The summed E-state index contributed by atoms with van der Waals surface area (Å²) in [5.41, 5.74) is -0.478. The molecule has 0 radical (unpaired) electrons. The Balaban J connectivity index is 0.000000227. The zero-order valence-electron chi connectivity index (χ0n) is 21.6. The molecule has 4 fully saturated rings. The summed E-state index contributed by atoms with van der Waals surface area (Å²) in [5, 5.41) is 0. The quantitative estimate of drug-likeness (QED) is 0.209. The zero-order chi connectivity index (χ0) is 23.7. The molecule has 0 aliphatic heterocycles. The lowest BCUT2D eigenvalue weighted by atomic mass is 9.54. The SMILES string of the molecule is CCCC[N+](CCCC)(CCCC)CCCC.O=P(O)(O)OC12CC3CC(CC(C3)C1)C2. The summed E-state index contributed by atoms with van der Waals surface area (Å²) in [7, 11) is -4.31. The van der Waals surface area contributed by atoms with Gasteiger partial charge in [-0.05, 0) is 82.0 Å². The fourth-order valence-corrected chi connectivity index (χ4v) is 7.77. The predicted molar refractivity (Wildman–Crippen MR) is 133 cm³/mol. The van der Waals surface area contributed by atoms with Gasteiger partial charge in [0.25, 0.3) is 0 Å². The summed E-state index contributed by atoms with van der Waals surface area (Å²) in [6.45, 7) is 15.0.